The van der Waals surface area contributed by atoms with E-state index in [1.807, 2.05) is 0 Å². The molecule has 0 amide bonds. The van der Waals surface area contributed by atoms with Crippen LogP contribution < -0.4 is 4.90 Å². The van der Waals surface area contributed by atoms with Gasteiger partial charge in [-0.25, -0.2) is 4.98 Å². The zero-order chi connectivity index (χ0) is 13.9. The maximum absolute atomic E-state index is 6.00. The molecule has 0 N–H and O–H groups in total. The first-order valence-electron chi connectivity index (χ1n) is 6.77. The summed E-state index contributed by atoms with van der Waals surface area (Å²) < 4.78 is 1.48. The fourth-order valence-electron chi connectivity index (χ4n) is 2.22. The number of nitrogens with zero attached hydrogens (tertiary/aromatic N) is 7. The molecule has 0 bridgehead atoms. The largest absolute Gasteiger partial charge is 0.341 e. The predicted molar refractivity (Wildman–Crippen MR) is 75.0 cm³/mol. The monoisotopic (exact) mass is 293 g/mol. The van der Waals surface area contributed by atoms with Crippen molar-refractivity contribution in [3.63, 3.8) is 0 Å². The predicted octanol–water partition coefficient (Wildman–Crippen LogP) is 1.73. The Hall–Kier alpha value is -1.76. The Balaban J connectivity index is 1.87. The Bertz CT molecular complexity index is 567. The highest BCUT2D eigenvalue weighted by Crippen LogP contribution is 2.28. The van der Waals surface area contributed by atoms with Crippen molar-refractivity contribution in [3.05, 3.63) is 17.9 Å². The molecule has 1 aliphatic rings. The standard InChI is InChI=1S/C12H16ClN7/c1-2-19(6-9-4-3-5-9)11-16-10(13)17-12(18-11)20-8-14-7-15-20/h7-9H,2-6H2,1H3. The van der Waals surface area contributed by atoms with E-state index in [4.69, 9.17) is 11.6 Å². The van der Waals surface area contributed by atoms with Gasteiger partial charge in [-0.2, -0.15) is 24.7 Å². The Kier molecular flexibility index (Phi) is 3.77. The number of aromatic nitrogens is 6. The van der Waals surface area contributed by atoms with Crippen LogP contribution in [0.2, 0.25) is 5.28 Å². The van der Waals surface area contributed by atoms with Crippen molar-refractivity contribution in [3.8, 4) is 5.95 Å². The first-order valence-corrected chi connectivity index (χ1v) is 7.15. The van der Waals surface area contributed by atoms with Crippen molar-refractivity contribution in [2.45, 2.75) is 26.2 Å². The normalized spacial score (nSPS) is 15.1. The zero-order valence-electron chi connectivity index (χ0n) is 11.3. The maximum Gasteiger partial charge on any atom is 0.258 e. The molecule has 7 nitrogen and oxygen atoms in total. The molecule has 2 heterocycles. The Morgan fingerprint density at radius 2 is 2.20 bits per heavy atom. The minimum absolute atomic E-state index is 0.174. The highest BCUT2D eigenvalue weighted by atomic mass is 35.5. The first-order chi connectivity index (χ1) is 9.76. The number of rotatable bonds is 5. The van der Waals surface area contributed by atoms with Crippen molar-refractivity contribution in [1.82, 2.24) is 29.7 Å². The second-order valence-corrected chi connectivity index (χ2v) is 5.22. The topological polar surface area (TPSA) is 72.6 Å². The average molecular weight is 294 g/mol. The van der Waals surface area contributed by atoms with Gasteiger partial charge in [-0.15, -0.1) is 0 Å². The molecule has 2 aromatic heterocycles. The number of halogens is 1. The van der Waals surface area contributed by atoms with Crippen LogP contribution in [0.1, 0.15) is 26.2 Å². The first kappa shape index (κ1) is 13.2. The smallest absolute Gasteiger partial charge is 0.258 e. The van der Waals surface area contributed by atoms with Gasteiger partial charge >= 0.3 is 0 Å². The molecule has 0 spiro atoms. The summed E-state index contributed by atoms with van der Waals surface area (Å²) in [7, 11) is 0. The van der Waals surface area contributed by atoms with E-state index in [1.165, 1.54) is 36.6 Å². The minimum Gasteiger partial charge on any atom is -0.341 e. The molecule has 1 saturated carbocycles. The summed E-state index contributed by atoms with van der Waals surface area (Å²) in [6.45, 7) is 3.90. The van der Waals surface area contributed by atoms with Crippen LogP contribution in [0, 0.1) is 5.92 Å². The van der Waals surface area contributed by atoms with E-state index < -0.39 is 0 Å². The molecule has 1 fully saturated rings. The van der Waals surface area contributed by atoms with Crippen LogP contribution in [0.5, 0.6) is 0 Å². The molecule has 0 radical (unpaired) electrons. The molecule has 2 aromatic rings. The molecule has 0 saturated heterocycles. The molecule has 3 rings (SSSR count). The summed E-state index contributed by atoms with van der Waals surface area (Å²) in [5.74, 6) is 1.73. The van der Waals surface area contributed by atoms with Gasteiger partial charge in [0.15, 0.2) is 0 Å². The van der Waals surface area contributed by atoms with Gasteiger partial charge in [0.2, 0.25) is 11.2 Å². The molecular formula is C12H16ClN7. The van der Waals surface area contributed by atoms with Gasteiger partial charge in [-0.1, -0.05) is 6.42 Å². The average Bonchev–Trinajstić information content (AvgIpc) is 2.91. The Morgan fingerprint density at radius 3 is 2.80 bits per heavy atom. The highest BCUT2D eigenvalue weighted by molar-refractivity contribution is 6.28. The van der Waals surface area contributed by atoms with Crippen molar-refractivity contribution in [2.75, 3.05) is 18.0 Å². The van der Waals surface area contributed by atoms with E-state index in [2.05, 4.69) is 36.9 Å². The number of hydrogen-bond acceptors (Lipinski definition) is 6. The van der Waals surface area contributed by atoms with E-state index >= 15 is 0 Å². The Labute approximate surface area is 122 Å². The lowest BCUT2D eigenvalue weighted by atomic mass is 9.85. The van der Waals surface area contributed by atoms with Crippen LogP contribution in [0.4, 0.5) is 5.95 Å². The molecule has 106 valence electrons. The van der Waals surface area contributed by atoms with Crippen LogP contribution in [0.25, 0.3) is 5.95 Å². The third kappa shape index (κ3) is 2.72. The summed E-state index contributed by atoms with van der Waals surface area (Å²) >= 11 is 6.00. The summed E-state index contributed by atoms with van der Waals surface area (Å²) in [5, 5.41) is 4.19. The second-order valence-electron chi connectivity index (χ2n) is 4.88. The lowest BCUT2D eigenvalue weighted by molar-refractivity contribution is 0.317. The van der Waals surface area contributed by atoms with Crippen LogP contribution >= 0.6 is 11.6 Å². The van der Waals surface area contributed by atoms with Crippen molar-refractivity contribution < 1.29 is 0 Å². The van der Waals surface area contributed by atoms with Crippen LogP contribution in [0.15, 0.2) is 12.7 Å². The van der Waals surface area contributed by atoms with E-state index in [1.54, 1.807) is 0 Å². The molecule has 0 aliphatic heterocycles. The quantitative estimate of drug-likeness (QED) is 0.836. The maximum atomic E-state index is 6.00. The minimum atomic E-state index is 0.174. The molecule has 0 aromatic carbocycles. The van der Waals surface area contributed by atoms with Crippen molar-refractivity contribution in [1.29, 1.82) is 0 Å². The second kappa shape index (κ2) is 5.70. The van der Waals surface area contributed by atoms with Crippen LogP contribution in [-0.2, 0) is 0 Å². The molecule has 8 heteroatoms. The van der Waals surface area contributed by atoms with Crippen LogP contribution in [-0.4, -0.2) is 42.8 Å². The molecular weight excluding hydrogens is 278 g/mol. The van der Waals surface area contributed by atoms with Crippen molar-refractivity contribution >= 4 is 17.5 Å². The lowest BCUT2D eigenvalue weighted by Gasteiger charge is -2.31. The van der Waals surface area contributed by atoms with Gasteiger partial charge in [0.25, 0.3) is 5.95 Å². The van der Waals surface area contributed by atoms with E-state index in [0.717, 1.165) is 19.0 Å². The zero-order valence-corrected chi connectivity index (χ0v) is 12.0. The third-order valence-electron chi connectivity index (χ3n) is 3.58. The molecule has 20 heavy (non-hydrogen) atoms. The third-order valence-corrected chi connectivity index (χ3v) is 3.75. The van der Waals surface area contributed by atoms with Gasteiger partial charge in [-0.3, -0.25) is 0 Å². The van der Waals surface area contributed by atoms with Crippen LogP contribution in [0.3, 0.4) is 0 Å². The van der Waals surface area contributed by atoms with Gasteiger partial charge < -0.3 is 4.90 Å². The fraction of sp³-hybridized carbons (Fsp3) is 0.583. The van der Waals surface area contributed by atoms with Crippen molar-refractivity contribution in [2.24, 2.45) is 5.92 Å². The summed E-state index contributed by atoms with van der Waals surface area (Å²) in [6, 6.07) is 0. The van der Waals surface area contributed by atoms with Gasteiger partial charge in [0.05, 0.1) is 0 Å². The number of hydrogen-bond donors (Lipinski definition) is 0. The summed E-state index contributed by atoms with van der Waals surface area (Å²) in [5.41, 5.74) is 0. The fourth-order valence-corrected chi connectivity index (χ4v) is 2.38. The summed E-state index contributed by atoms with van der Waals surface area (Å²) in [4.78, 5) is 18.8. The number of anilines is 1. The van der Waals surface area contributed by atoms with Gasteiger partial charge in [0.1, 0.15) is 12.7 Å². The molecule has 0 unspecified atom stereocenters. The van der Waals surface area contributed by atoms with E-state index in [-0.39, 0.29) is 5.28 Å². The van der Waals surface area contributed by atoms with E-state index in [9.17, 15) is 0 Å². The lowest BCUT2D eigenvalue weighted by Crippen LogP contribution is -2.34. The summed E-state index contributed by atoms with van der Waals surface area (Å²) in [6.07, 6.45) is 6.86. The molecule has 1 aliphatic carbocycles. The Morgan fingerprint density at radius 1 is 1.35 bits per heavy atom. The van der Waals surface area contributed by atoms with E-state index in [0.29, 0.717) is 11.9 Å². The molecule has 0 atom stereocenters. The van der Waals surface area contributed by atoms with Gasteiger partial charge in [-0.05, 0) is 37.3 Å². The van der Waals surface area contributed by atoms with Gasteiger partial charge in [0, 0.05) is 13.1 Å². The SMILES string of the molecule is CCN(CC1CCC1)c1nc(Cl)nc(-n2cncn2)n1. The highest BCUT2D eigenvalue weighted by Gasteiger charge is 2.22.